The number of carboxylic acids is 1. The summed E-state index contributed by atoms with van der Waals surface area (Å²) in [4.78, 5) is 59.8. The second-order valence-corrected chi connectivity index (χ2v) is 8.60. The minimum atomic E-state index is -1.01. The number of hydrogen-bond acceptors (Lipinski definition) is 7. The number of ether oxygens (including phenoxy) is 1. The molecule has 2 amide bonds. The molecule has 1 fully saturated rings. The Morgan fingerprint density at radius 3 is 2.49 bits per heavy atom. The standard InChI is InChI=1S/C23H23N3O8S/c27-20(28)10-15-2-1-3-17(8-15)24-22(30)19-9-16(11-21(29)35)12-25(19)23(31)34-13-14-4-6-18(7-5-14)26(32)33/h1-8,16,19H,9-13H2,(H,24,30)(H,27,28)(H,29,35)/t16-,19-/m0/s1. The van der Waals surface area contributed by atoms with Crippen molar-refractivity contribution in [2.24, 2.45) is 5.92 Å². The third kappa shape index (κ3) is 7.27. The number of non-ortho nitro benzene ring substituents is 1. The van der Waals surface area contributed by atoms with Crippen molar-refractivity contribution in [3.63, 3.8) is 0 Å². The fraction of sp³-hybridized carbons (Fsp3) is 0.304. The van der Waals surface area contributed by atoms with Crippen molar-refractivity contribution in [2.75, 3.05) is 11.9 Å². The summed E-state index contributed by atoms with van der Waals surface area (Å²) in [6, 6.07) is 11.0. The van der Waals surface area contributed by atoms with Crippen molar-refractivity contribution in [1.29, 1.82) is 0 Å². The van der Waals surface area contributed by atoms with E-state index in [2.05, 4.69) is 17.9 Å². The molecule has 35 heavy (non-hydrogen) atoms. The van der Waals surface area contributed by atoms with Crippen LogP contribution in [0.5, 0.6) is 0 Å². The summed E-state index contributed by atoms with van der Waals surface area (Å²) in [5, 5.41) is 22.1. The molecule has 2 aromatic carbocycles. The van der Waals surface area contributed by atoms with E-state index in [1.54, 1.807) is 18.2 Å². The van der Waals surface area contributed by atoms with Crippen LogP contribution >= 0.6 is 12.6 Å². The number of nitro groups is 1. The number of rotatable bonds is 9. The van der Waals surface area contributed by atoms with Crippen LogP contribution in [0.15, 0.2) is 48.5 Å². The largest absolute Gasteiger partial charge is 0.481 e. The zero-order valence-corrected chi connectivity index (χ0v) is 19.4. The van der Waals surface area contributed by atoms with Gasteiger partial charge >= 0.3 is 12.1 Å². The molecule has 1 saturated heterocycles. The van der Waals surface area contributed by atoms with E-state index in [0.717, 1.165) is 0 Å². The van der Waals surface area contributed by atoms with E-state index in [1.165, 1.54) is 35.2 Å². The highest BCUT2D eigenvalue weighted by molar-refractivity contribution is 7.96. The van der Waals surface area contributed by atoms with Crippen LogP contribution in [-0.4, -0.2) is 50.6 Å². The fourth-order valence-electron chi connectivity index (χ4n) is 3.87. The van der Waals surface area contributed by atoms with E-state index in [1.807, 2.05) is 0 Å². The smallest absolute Gasteiger partial charge is 0.410 e. The van der Waals surface area contributed by atoms with E-state index in [9.17, 15) is 29.3 Å². The van der Waals surface area contributed by atoms with Gasteiger partial charge in [-0.25, -0.2) is 4.79 Å². The van der Waals surface area contributed by atoms with E-state index in [0.29, 0.717) is 16.8 Å². The number of thiol groups is 1. The van der Waals surface area contributed by atoms with Gasteiger partial charge in [-0.3, -0.25) is 29.4 Å². The van der Waals surface area contributed by atoms with Gasteiger partial charge in [0, 0.05) is 30.8 Å². The Morgan fingerprint density at radius 1 is 1.14 bits per heavy atom. The lowest BCUT2D eigenvalue weighted by atomic mass is 10.0. The number of carboxylic acid groups (broad SMARTS) is 1. The molecule has 3 rings (SSSR count). The first-order valence-electron chi connectivity index (χ1n) is 10.6. The predicted octanol–water partition coefficient (Wildman–Crippen LogP) is 3.03. The summed E-state index contributed by atoms with van der Waals surface area (Å²) in [6.07, 6.45) is -0.676. The Labute approximate surface area is 205 Å². The van der Waals surface area contributed by atoms with Crippen LogP contribution in [0.1, 0.15) is 24.0 Å². The van der Waals surface area contributed by atoms with Crippen LogP contribution in [0.4, 0.5) is 16.2 Å². The highest BCUT2D eigenvalue weighted by atomic mass is 32.1. The van der Waals surface area contributed by atoms with Crippen LogP contribution in [0, 0.1) is 16.0 Å². The Balaban J connectivity index is 1.69. The molecule has 0 aliphatic carbocycles. The number of nitrogens with zero attached hydrogens (tertiary/aromatic N) is 2. The first-order chi connectivity index (χ1) is 16.6. The average Bonchev–Trinajstić information content (AvgIpc) is 3.21. The molecule has 0 bridgehead atoms. The molecular formula is C23H23N3O8S. The summed E-state index contributed by atoms with van der Waals surface area (Å²) in [7, 11) is 0. The molecule has 1 aliphatic rings. The number of hydrogen-bond donors (Lipinski definition) is 3. The van der Waals surface area contributed by atoms with E-state index in [4.69, 9.17) is 9.84 Å². The molecule has 12 heteroatoms. The maximum Gasteiger partial charge on any atom is 0.410 e. The molecule has 0 unspecified atom stereocenters. The molecule has 1 aliphatic heterocycles. The molecule has 2 N–H and O–H groups in total. The topological polar surface area (TPSA) is 156 Å². The molecule has 11 nitrogen and oxygen atoms in total. The van der Waals surface area contributed by atoms with Crippen molar-refractivity contribution < 1.29 is 33.9 Å². The summed E-state index contributed by atoms with van der Waals surface area (Å²) in [6.45, 7) is -0.0440. The molecule has 0 radical (unpaired) electrons. The summed E-state index contributed by atoms with van der Waals surface area (Å²) < 4.78 is 5.33. The zero-order chi connectivity index (χ0) is 25.5. The number of aliphatic carboxylic acids is 1. The molecule has 0 aromatic heterocycles. The highest BCUT2D eigenvalue weighted by Crippen LogP contribution is 2.29. The minimum Gasteiger partial charge on any atom is -0.481 e. The van der Waals surface area contributed by atoms with Crippen molar-refractivity contribution in [1.82, 2.24) is 4.90 Å². The Bertz CT molecular complexity index is 1140. The number of carbonyl (C=O) groups is 4. The second kappa shape index (κ2) is 11.5. The summed E-state index contributed by atoms with van der Waals surface area (Å²) in [5.41, 5.74) is 1.31. The number of likely N-dealkylation sites (tertiary alicyclic amines) is 1. The van der Waals surface area contributed by atoms with Gasteiger partial charge in [0.05, 0.1) is 11.3 Å². The van der Waals surface area contributed by atoms with E-state index < -0.39 is 28.9 Å². The average molecular weight is 502 g/mol. The number of amides is 2. The Hall–Kier alpha value is -3.93. The maximum atomic E-state index is 13.0. The highest BCUT2D eigenvalue weighted by Gasteiger charge is 2.41. The predicted molar refractivity (Wildman–Crippen MR) is 127 cm³/mol. The lowest BCUT2D eigenvalue weighted by molar-refractivity contribution is -0.384. The van der Waals surface area contributed by atoms with Crippen LogP contribution in [0.25, 0.3) is 0 Å². The van der Waals surface area contributed by atoms with Crippen molar-refractivity contribution in [3.8, 4) is 0 Å². The molecule has 2 aromatic rings. The van der Waals surface area contributed by atoms with Gasteiger partial charge in [0.15, 0.2) is 5.12 Å². The minimum absolute atomic E-state index is 0.0765. The summed E-state index contributed by atoms with van der Waals surface area (Å²) >= 11 is 3.80. The van der Waals surface area contributed by atoms with Gasteiger partial charge < -0.3 is 15.2 Å². The van der Waals surface area contributed by atoms with Crippen molar-refractivity contribution in [2.45, 2.75) is 31.9 Å². The molecule has 184 valence electrons. The van der Waals surface area contributed by atoms with E-state index >= 15 is 0 Å². The van der Waals surface area contributed by atoms with Crippen LogP contribution in [0.2, 0.25) is 0 Å². The fourth-order valence-corrected chi connectivity index (χ4v) is 4.13. The Morgan fingerprint density at radius 2 is 1.86 bits per heavy atom. The van der Waals surface area contributed by atoms with Gasteiger partial charge in [0.25, 0.3) is 5.69 Å². The lowest BCUT2D eigenvalue weighted by Crippen LogP contribution is -2.43. The number of carbonyl (C=O) groups excluding carboxylic acids is 3. The third-order valence-corrected chi connectivity index (χ3v) is 5.63. The van der Waals surface area contributed by atoms with Crippen LogP contribution < -0.4 is 5.32 Å². The SMILES string of the molecule is O=C(O)Cc1cccc(NC(=O)[C@@H]2C[C@@H](CC(=O)S)CN2C(=O)OCc2ccc([N+](=O)[O-])cc2)c1. The van der Waals surface area contributed by atoms with Gasteiger partial charge in [-0.15, -0.1) is 12.6 Å². The van der Waals surface area contributed by atoms with Crippen molar-refractivity contribution >= 4 is 47.1 Å². The number of anilines is 1. The molecule has 0 spiro atoms. The van der Waals surface area contributed by atoms with Gasteiger partial charge in [-0.2, -0.15) is 0 Å². The maximum absolute atomic E-state index is 13.0. The first kappa shape index (κ1) is 25.7. The monoisotopic (exact) mass is 501 g/mol. The second-order valence-electron chi connectivity index (χ2n) is 8.11. The zero-order valence-electron chi connectivity index (χ0n) is 18.5. The van der Waals surface area contributed by atoms with Gasteiger partial charge in [0.1, 0.15) is 12.6 Å². The van der Waals surface area contributed by atoms with E-state index in [-0.39, 0.29) is 49.1 Å². The number of nitrogens with one attached hydrogen (secondary N) is 1. The van der Waals surface area contributed by atoms with Crippen LogP contribution in [-0.2, 0) is 32.1 Å². The van der Waals surface area contributed by atoms with Crippen LogP contribution in [0.3, 0.4) is 0 Å². The number of nitro benzene ring substituents is 1. The van der Waals surface area contributed by atoms with Gasteiger partial charge in [-0.1, -0.05) is 12.1 Å². The normalized spacial score (nSPS) is 17.0. The van der Waals surface area contributed by atoms with Gasteiger partial charge in [0.2, 0.25) is 5.91 Å². The molecule has 2 atom stereocenters. The number of benzene rings is 2. The Kier molecular flexibility index (Phi) is 8.42. The lowest BCUT2D eigenvalue weighted by Gasteiger charge is -2.23. The first-order valence-corrected chi connectivity index (χ1v) is 11.1. The van der Waals surface area contributed by atoms with Gasteiger partial charge in [-0.05, 0) is 47.7 Å². The van der Waals surface area contributed by atoms with Crippen molar-refractivity contribution in [3.05, 3.63) is 69.8 Å². The molecule has 1 heterocycles. The third-order valence-electron chi connectivity index (χ3n) is 5.45. The quantitative estimate of drug-likeness (QED) is 0.269. The molecule has 0 saturated carbocycles. The summed E-state index contributed by atoms with van der Waals surface area (Å²) in [5.74, 6) is -1.80. The molecular weight excluding hydrogens is 478 g/mol.